The van der Waals surface area contributed by atoms with Crippen molar-refractivity contribution in [2.24, 2.45) is 0 Å². The average Bonchev–Trinajstić information content (AvgIpc) is 1.69. The van der Waals surface area contributed by atoms with Crippen molar-refractivity contribution in [3.63, 3.8) is 0 Å². The van der Waals surface area contributed by atoms with E-state index in [2.05, 4.69) is 299 Å². The van der Waals surface area contributed by atoms with E-state index in [1.165, 1.54) is 40.3 Å². The highest BCUT2D eigenvalue weighted by atomic mass is 32.1. The van der Waals surface area contributed by atoms with Crippen LogP contribution in [0.25, 0.3) is 202 Å². The molecule has 19 rings (SSSR count). The van der Waals surface area contributed by atoms with Gasteiger partial charge in [-0.1, -0.05) is 237 Å². The van der Waals surface area contributed by atoms with Gasteiger partial charge in [0.2, 0.25) is 0 Å². The lowest BCUT2D eigenvalue weighted by atomic mass is 9.94. The van der Waals surface area contributed by atoms with Crippen molar-refractivity contribution in [3.8, 4) is 112 Å². The lowest BCUT2D eigenvalue weighted by molar-refractivity contribution is 0.669. The van der Waals surface area contributed by atoms with Crippen molar-refractivity contribution in [1.82, 2.24) is 19.9 Å². The molecule has 0 amide bonds. The third kappa shape index (κ3) is 10.6. The van der Waals surface area contributed by atoms with Crippen LogP contribution < -0.4 is 0 Å². The van der Waals surface area contributed by atoms with E-state index < -0.39 is 0 Å². The number of thiophene rings is 2. The first kappa shape index (κ1) is 59.5. The molecule has 474 valence electrons. The van der Waals surface area contributed by atoms with Crippen LogP contribution >= 0.6 is 22.7 Å². The molecule has 0 fully saturated rings. The number of nitrogens with zero attached hydrogens (tertiary/aromatic N) is 4. The molecule has 0 saturated carbocycles. The Morgan fingerprint density at radius 2 is 0.743 bits per heavy atom. The molecule has 6 heterocycles. The summed E-state index contributed by atoms with van der Waals surface area (Å²) in [6.45, 7) is 6.03. The normalized spacial score (nSPS) is 12.1. The maximum atomic E-state index is 7.00. The van der Waals surface area contributed by atoms with Crippen molar-refractivity contribution < 1.29 is 8.83 Å². The van der Waals surface area contributed by atoms with E-state index in [4.69, 9.17) is 28.8 Å². The summed E-state index contributed by atoms with van der Waals surface area (Å²) < 4.78 is 18.6. The minimum atomic E-state index is 0.544. The number of hydrogen-bond donors (Lipinski definition) is 0. The van der Waals surface area contributed by atoms with E-state index in [0.29, 0.717) is 11.6 Å². The SMILES string of the molecule is C=C/C=C\C=C(/C)c1cc(-c2ccccc2)cc(-c2cc(-c3cccc4c3oc3ccc(-c5ccc(-c6cc(-c7ccccc7)cc(-c7nc(-c8cccc9c8sc8ccccc89)cc(-c8cccc9c8sc8ccccc89)n7)c6)cc5)cc34)nc(-c3cccc4c3oc3ccccc34)n2)c1. The largest absolute Gasteiger partial charge is 0.455 e. The Hall–Kier alpha value is -12.7. The molecule has 0 aliphatic carbocycles. The Morgan fingerprint density at radius 1 is 0.307 bits per heavy atom. The zero-order chi connectivity index (χ0) is 67.1. The van der Waals surface area contributed by atoms with Crippen LogP contribution in [-0.4, -0.2) is 19.9 Å². The fourth-order valence-corrected chi connectivity index (χ4v) is 16.9. The number of hydrogen-bond acceptors (Lipinski definition) is 8. The Labute approximate surface area is 590 Å². The highest BCUT2D eigenvalue weighted by molar-refractivity contribution is 7.26. The molecule has 0 N–H and O–H groups in total. The molecule has 19 aromatic rings. The summed E-state index contributed by atoms with van der Waals surface area (Å²) in [5.74, 6) is 1.20. The summed E-state index contributed by atoms with van der Waals surface area (Å²) in [5, 5.41) is 8.99. The highest BCUT2D eigenvalue weighted by Gasteiger charge is 2.23. The second-order valence-electron chi connectivity index (χ2n) is 25.6. The summed E-state index contributed by atoms with van der Waals surface area (Å²) in [7, 11) is 0. The molecule has 6 aromatic heterocycles. The number of fused-ring (bicyclic) bond motifs is 12. The summed E-state index contributed by atoms with van der Waals surface area (Å²) in [6.07, 6.45) is 7.88. The fourth-order valence-electron chi connectivity index (χ4n) is 14.5. The van der Waals surface area contributed by atoms with Crippen LogP contribution in [0.5, 0.6) is 0 Å². The zero-order valence-corrected chi connectivity index (χ0v) is 56.4. The van der Waals surface area contributed by atoms with Gasteiger partial charge in [0.25, 0.3) is 0 Å². The number of benzene rings is 13. The molecular weight excluding hydrogens is 1270 g/mol. The molecule has 0 aliphatic heterocycles. The van der Waals surface area contributed by atoms with E-state index in [1.54, 1.807) is 6.08 Å². The maximum absolute atomic E-state index is 7.00. The van der Waals surface area contributed by atoms with Crippen molar-refractivity contribution in [3.05, 3.63) is 334 Å². The molecule has 0 spiro atoms. The van der Waals surface area contributed by atoms with Gasteiger partial charge in [-0.2, -0.15) is 0 Å². The van der Waals surface area contributed by atoms with Crippen LogP contribution in [-0.2, 0) is 0 Å². The molecule has 0 bridgehead atoms. The van der Waals surface area contributed by atoms with Crippen LogP contribution in [0.1, 0.15) is 12.5 Å². The number of allylic oxidation sites excluding steroid dienone is 5. The number of para-hydroxylation sites is 3. The highest BCUT2D eigenvalue weighted by Crippen LogP contribution is 2.46. The smallest absolute Gasteiger partial charge is 0.164 e. The van der Waals surface area contributed by atoms with Gasteiger partial charge in [-0.05, 0) is 154 Å². The quantitative estimate of drug-likeness (QED) is 0.107. The van der Waals surface area contributed by atoms with Crippen molar-refractivity contribution in [1.29, 1.82) is 0 Å². The standard InChI is InChI=1S/C93H58N4O2S2/c1-3-4-7-22-56(2)62-47-63(57-23-8-5-9-24-57)50-66(48-62)80-54-81(97-93(94-80)78-37-19-30-71-68-27-12-15-38-84(68)98-89(71)78)75-34-18-31-72-79-53-61(45-46-85(79)99-88(72)75)59-41-43-60(44-42-59)65-49-64(58-25-10-6-11-26-58)51-67(52-65)92-95-82(76-35-20-32-73-69-28-13-16-39-86(69)100-90(73)76)55-83(96-92)77-36-21-33-74-70-29-14-17-40-87(70)101-91(74)77/h3-55H,1H2,2H3/b7-4-,56-22+. The van der Waals surface area contributed by atoms with Crippen LogP contribution in [0.4, 0.5) is 0 Å². The summed E-state index contributed by atoms with van der Waals surface area (Å²) in [5.41, 5.74) is 22.8. The summed E-state index contributed by atoms with van der Waals surface area (Å²) in [6, 6.07) is 106. The van der Waals surface area contributed by atoms with E-state index in [0.717, 1.165) is 156 Å². The lowest BCUT2D eigenvalue weighted by Crippen LogP contribution is -1.97. The first-order valence-corrected chi connectivity index (χ1v) is 35.5. The minimum absolute atomic E-state index is 0.544. The van der Waals surface area contributed by atoms with E-state index in [-0.39, 0.29) is 0 Å². The summed E-state index contributed by atoms with van der Waals surface area (Å²) >= 11 is 3.64. The van der Waals surface area contributed by atoms with Crippen molar-refractivity contribution >= 4 is 112 Å². The Kier molecular flexibility index (Phi) is 14.5. The van der Waals surface area contributed by atoms with Gasteiger partial charge < -0.3 is 8.83 Å². The van der Waals surface area contributed by atoms with E-state index in [1.807, 2.05) is 53.0 Å². The summed E-state index contributed by atoms with van der Waals surface area (Å²) in [4.78, 5) is 22.1. The van der Waals surface area contributed by atoms with Gasteiger partial charge in [0, 0.05) is 89.7 Å². The van der Waals surface area contributed by atoms with Gasteiger partial charge in [-0.3, -0.25) is 0 Å². The third-order valence-corrected chi connectivity index (χ3v) is 21.9. The minimum Gasteiger partial charge on any atom is -0.455 e. The third-order valence-electron chi connectivity index (χ3n) is 19.5. The first-order chi connectivity index (χ1) is 49.9. The second-order valence-corrected chi connectivity index (χ2v) is 27.7. The molecule has 101 heavy (non-hydrogen) atoms. The molecule has 6 nitrogen and oxygen atoms in total. The van der Waals surface area contributed by atoms with E-state index >= 15 is 0 Å². The molecule has 0 saturated heterocycles. The van der Waals surface area contributed by atoms with Gasteiger partial charge in [0.15, 0.2) is 11.6 Å². The number of aromatic nitrogens is 4. The molecular formula is C93H58N4O2S2. The monoisotopic (exact) mass is 1330 g/mol. The predicted octanol–water partition coefficient (Wildman–Crippen LogP) is 26.6. The van der Waals surface area contributed by atoms with Gasteiger partial charge in [-0.25, -0.2) is 19.9 Å². The van der Waals surface area contributed by atoms with Crippen molar-refractivity contribution in [2.75, 3.05) is 0 Å². The molecule has 0 atom stereocenters. The Morgan fingerprint density at radius 3 is 1.39 bits per heavy atom. The zero-order valence-electron chi connectivity index (χ0n) is 54.7. The predicted molar refractivity (Wildman–Crippen MR) is 425 cm³/mol. The maximum Gasteiger partial charge on any atom is 0.164 e. The van der Waals surface area contributed by atoms with Crippen LogP contribution in [0.3, 0.4) is 0 Å². The van der Waals surface area contributed by atoms with E-state index in [9.17, 15) is 0 Å². The van der Waals surface area contributed by atoms with Crippen molar-refractivity contribution in [2.45, 2.75) is 6.92 Å². The molecule has 8 heteroatoms. The van der Waals surface area contributed by atoms with Crippen LogP contribution in [0.15, 0.2) is 337 Å². The fraction of sp³-hybridized carbons (Fsp3) is 0.0108. The van der Waals surface area contributed by atoms with Gasteiger partial charge >= 0.3 is 0 Å². The Bertz CT molecular complexity index is 6480. The molecule has 13 aromatic carbocycles. The molecule has 0 aliphatic rings. The number of rotatable bonds is 13. The first-order valence-electron chi connectivity index (χ1n) is 33.8. The lowest BCUT2D eigenvalue weighted by Gasteiger charge is -2.14. The molecule has 0 unspecified atom stereocenters. The average molecular weight is 1330 g/mol. The van der Waals surface area contributed by atoms with Crippen LogP contribution in [0.2, 0.25) is 0 Å². The number of furan rings is 2. The topological polar surface area (TPSA) is 77.8 Å². The van der Waals surface area contributed by atoms with Crippen LogP contribution in [0, 0.1) is 0 Å². The van der Waals surface area contributed by atoms with Gasteiger partial charge in [0.1, 0.15) is 22.3 Å². The second kappa shape index (κ2) is 24.7. The molecule has 0 radical (unpaired) electrons. The van der Waals surface area contributed by atoms with Gasteiger partial charge in [-0.15, -0.1) is 22.7 Å². The Balaban J connectivity index is 0.722. The van der Waals surface area contributed by atoms with Gasteiger partial charge in [0.05, 0.1) is 28.3 Å².